The van der Waals surface area contributed by atoms with Crippen LogP contribution in [-0.4, -0.2) is 71.7 Å². The molecule has 6 rings (SSSR count). The fourth-order valence-electron chi connectivity index (χ4n) is 6.72. The molecule has 10 nitrogen and oxygen atoms in total. The van der Waals surface area contributed by atoms with Gasteiger partial charge in [-0.05, 0) is 27.8 Å². The highest BCUT2D eigenvalue weighted by Gasteiger charge is 2.43. The lowest BCUT2D eigenvalue weighted by molar-refractivity contribution is -0.278. The van der Waals surface area contributed by atoms with Crippen LogP contribution < -0.4 is 5.32 Å². The van der Waals surface area contributed by atoms with Crippen molar-refractivity contribution >= 4 is 11.9 Å². The Balaban J connectivity index is 1.18. The summed E-state index contributed by atoms with van der Waals surface area (Å²) in [6.07, 6.45) is 0.576. The zero-order valence-electron chi connectivity index (χ0n) is 26.8. The van der Waals surface area contributed by atoms with Gasteiger partial charge in [0.2, 0.25) is 5.91 Å². The molecule has 0 aliphatic carbocycles. The predicted octanol–water partition coefficient (Wildman–Crippen LogP) is 4.96. The molecule has 1 amide bonds. The first-order chi connectivity index (χ1) is 22.8. The van der Waals surface area contributed by atoms with Crippen molar-refractivity contribution in [3.8, 4) is 11.1 Å². The van der Waals surface area contributed by atoms with Gasteiger partial charge in [0.1, 0.15) is 0 Å². The molecule has 0 aromatic heterocycles. The van der Waals surface area contributed by atoms with E-state index in [1.54, 1.807) is 0 Å². The summed E-state index contributed by atoms with van der Waals surface area (Å²) in [5.74, 6) is -1.63. The fraction of sp³-hybridized carbons (Fsp3) is 0.459. The molecule has 10 heteroatoms. The Hall–Kier alpha value is -3.64. The van der Waals surface area contributed by atoms with Crippen LogP contribution in [0.5, 0.6) is 0 Å². The molecule has 3 aliphatic heterocycles. The van der Waals surface area contributed by atoms with E-state index in [2.05, 4.69) is 17.1 Å². The second-order valence-corrected chi connectivity index (χ2v) is 12.7. The predicted molar refractivity (Wildman–Crippen MR) is 174 cm³/mol. The van der Waals surface area contributed by atoms with Gasteiger partial charge in [-0.15, -0.1) is 0 Å². The monoisotopic (exact) mass is 644 g/mol. The van der Waals surface area contributed by atoms with E-state index in [1.165, 1.54) is 0 Å². The van der Waals surface area contributed by atoms with Crippen LogP contribution >= 0.6 is 0 Å². The maximum Gasteiger partial charge on any atom is 0.303 e. The molecule has 250 valence electrons. The van der Waals surface area contributed by atoms with Crippen molar-refractivity contribution in [1.82, 2.24) is 10.2 Å². The molecule has 3 N–H and O–H groups in total. The lowest BCUT2D eigenvalue weighted by atomic mass is 9.89. The zero-order chi connectivity index (χ0) is 32.8. The highest BCUT2D eigenvalue weighted by molar-refractivity contribution is 5.80. The first-order valence-corrected chi connectivity index (χ1v) is 16.5. The van der Waals surface area contributed by atoms with Crippen molar-refractivity contribution in [1.29, 1.82) is 0 Å². The van der Waals surface area contributed by atoms with Crippen molar-refractivity contribution in [2.45, 2.75) is 70.0 Å². The van der Waals surface area contributed by atoms with E-state index < -0.39 is 18.0 Å². The van der Waals surface area contributed by atoms with Gasteiger partial charge < -0.3 is 39.4 Å². The van der Waals surface area contributed by atoms with E-state index in [1.807, 2.05) is 72.8 Å². The van der Waals surface area contributed by atoms with Crippen molar-refractivity contribution < 1.29 is 38.7 Å². The molecule has 3 aromatic rings. The van der Waals surface area contributed by atoms with Crippen LogP contribution in [0.15, 0.2) is 72.8 Å². The number of likely N-dealkylation sites (tertiary alicyclic amines) is 1. The number of nitrogens with zero attached hydrogens (tertiary/aromatic N) is 1. The van der Waals surface area contributed by atoms with Crippen LogP contribution in [0.25, 0.3) is 11.1 Å². The summed E-state index contributed by atoms with van der Waals surface area (Å²) in [4.78, 5) is 25.4. The minimum atomic E-state index is -0.993. The Labute approximate surface area is 275 Å². The van der Waals surface area contributed by atoms with Crippen molar-refractivity contribution in [3.05, 3.63) is 95.1 Å². The minimum Gasteiger partial charge on any atom is -0.481 e. The van der Waals surface area contributed by atoms with E-state index in [0.717, 1.165) is 65.9 Å². The van der Waals surface area contributed by atoms with Gasteiger partial charge in [0.05, 0.1) is 38.4 Å². The number of aliphatic carboxylic acids is 1. The fourth-order valence-corrected chi connectivity index (χ4v) is 6.72. The van der Waals surface area contributed by atoms with Crippen LogP contribution in [0.2, 0.25) is 0 Å². The molecule has 3 aliphatic rings. The highest BCUT2D eigenvalue weighted by Crippen LogP contribution is 2.43. The standard InChI is InChI=1S/C37H44N2O8/c1-25-32(23-39-18-16-37(17-19-39)44-20-21-45-37)46-36(47-35(25)28-8-6-26(24-40)7-9-28)29-12-10-27(11-13-29)31-5-3-2-4-30(31)22-38-33(41)14-15-34(42)43/h2-13,25,32,35-36,40H,14-24H2,1H3,(H,38,41)(H,42,43). The van der Waals surface area contributed by atoms with Gasteiger partial charge in [-0.2, -0.15) is 0 Å². The molecule has 3 saturated heterocycles. The average molecular weight is 645 g/mol. The van der Waals surface area contributed by atoms with Crippen LogP contribution in [0.3, 0.4) is 0 Å². The summed E-state index contributed by atoms with van der Waals surface area (Å²) in [6, 6.07) is 23.9. The Morgan fingerprint density at radius 3 is 2.26 bits per heavy atom. The zero-order valence-corrected chi connectivity index (χ0v) is 26.8. The number of nitrogens with one attached hydrogen (secondary N) is 1. The Morgan fingerprint density at radius 2 is 1.57 bits per heavy atom. The number of amides is 1. The third-order valence-corrected chi connectivity index (χ3v) is 9.55. The maximum absolute atomic E-state index is 12.2. The molecule has 3 aromatic carbocycles. The first kappa shape index (κ1) is 33.3. The van der Waals surface area contributed by atoms with Gasteiger partial charge in [0.15, 0.2) is 12.1 Å². The number of piperidine rings is 1. The number of carboxylic acids is 1. The number of benzene rings is 3. The Kier molecular flexibility index (Phi) is 10.7. The van der Waals surface area contributed by atoms with E-state index >= 15 is 0 Å². The van der Waals surface area contributed by atoms with Gasteiger partial charge in [-0.1, -0.05) is 79.7 Å². The number of rotatable bonds is 11. The molecule has 0 bridgehead atoms. The smallest absolute Gasteiger partial charge is 0.303 e. The number of carboxylic acid groups (broad SMARTS) is 1. The number of carbonyl (C=O) groups excluding carboxylic acids is 1. The molecule has 3 heterocycles. The molecule has 1 spiro atoms. The summed E-state index contributed by atoms with van der Waals surface area (Å²) in [7, 11) is 0. The maximum atomic E-state index is 12.2. The Morgan fingerprint density at radius 1 is 0.894 bits per heavy atom. The molecule has 0 radical (unpaired) electrons. The summed E-state index contributed by atoms with van der Waals surface area (Å²) in [5.41, 5.74) is 5.72. The largest absolute Gasteiger partial charge is 0.481 e. The topological polar surface area (TPSA) is 127 Å². The quantitative estimate of drug-likeness (QED) is 0.266. The lowest BCUT2D eigenvalue weighted by Crippen LogP contribution is -2.50. The highest BCUT2D eigenvalue weighted by atomic mass is 16.7. The van der Waals surface area contributed by atoms with E-state index in [0.29, 0.717) is 19.8 Å². The van der Waals surface area contributed by atoms with Gasteiger partial charge >= 0.3 is 5.97 Å². The van der Waals surface area contributed by atoms with Crippen LogP contribution in [0.4, 0.5) is 0 Å². The van der Waals surface area contributed by atoms with E-state index in [4.69, 9.17) is 24.1 Å². The number of ether oxygens (including phenoxy) is 4. The molecule has 4 unspecified atom stereocenters. The molecular formula is C37H44N2O8. The molecule has 3 fully saturated rings. The van der Waals surface area contributed by atoms with Gasteiger partial charge in [-0.3, -0.25) is 9.59 Å². The number of aliphatic hydroxyl groups is 1. The van der Waals surface area contributed by atoms with Crippen molar-refractivity contribution in [3.63, 3.8) is 0 Å². The van der Waals surface area contributed by atoms with Crippen LogP contribution in [0, 0.1) is 5.92 Å². The SMILES string of the molecule is CC1C(CN2CCC3(CC2)OCCO3)OC(c2ccc(-c3ccccc3CNC(=O)CCC(=O)O)cc2)OC1c1ccc(CO)cc1. The third-order valence-electron chi connectivity index (χ3n) is 9.55. The third kappa shape index (κ3) is 8.09. The first-order valence-electron chi connectivity index (χ1n) is 16.5. The number of hydrogen-bond donors (Lipinski definition) is 3. The van der Waals surface area contributed by atoms with Crippen molar-refractivity contribution in [2.24, 2.45) is 5.92 Å². The molecule has 47 heavy (non-hydrogen) atoms. The van der Waals surface area contributed by atoms with Gasteiger partial charge in [0, 0.05) is 56.9 Å². The normalized spacial score (nSPS) is 24.3. The summed E-state index contributed by atoms with van der Waals surface area (Å²) < 4.78 is 25.3. The number of aliphatic hydroxyl groups excluding tert-OH is 1. The summed E-state index contributed by atoms with van der Waals surface area (Å²) in [5, 5.41) is 21.3. The number of hydrogen-bond acceptors (Lipinski definition) is 8. The second kappa shape index (κ2) is 15.1. The lowest BCUT2D eigenvalue weighted by Gasteiger charge is -2.44. The minimum absolute atomic E-state index is 0.00777. The second-order valence-electron chi connectivity index (χ2n) is 12.7. The summed E-state index contributed by atoms with van der Waals surface area (Å²) >= 11 is 0. The Bertz CT molecular complexity index is 1500. The van der Waals surface area contributed by atoms with Gasteiger partial charge in [-0.25, -0.2) is 0 Å². The van der Waals surface area contributed by atoms with Gasteiger partial charge in [0.25, 0.3) is 0 Å². The molecule has 4 atom stereocenters. The molecule has 0 saturated carbocycles. The number of carbonyl (C=O) groups is 2. The van der Waals surface area contributed by atoms with E-state index in [-0.39, 0.29) is 43.5 Å². The van der Waals surface area contributed by atoms with Crippen molar-refractivity contribution in [2.75, 3.05) is 32.8 Å². The van der Waals surface area contributed by atoms with Crippen LogP contribution in [0.1, 0.15) is 67.3 Å². The average Bonchev–Trinajstić information content (AvgIpc) is 3.56. The van der Waals surface area contributed by atoms with E-state index in [9.17, 15) is 14.7 Å². The molecular weight excluding hydrogens is 600 g/mol. The van der Waals surface area contributed by atoms with Crippen LogP contribution in [-0.2, 0) is 41.7 Å². The summed E-state index contributed by atoms with van der Waals surface area (Å²) in [6.45, 7) is 6.32.